The van der Waals surface area contributed by atoms with E-state index < -0.39 is 26.5 Å². The second-order valence-corrected chi connectivity index (χ2v) is 7.13. The minimum absolute atomic E-state index is 0.158. The van der Waals surface area contributed by atoms with Gasteiger partial charge in [-0.3, -0.25) is 10.1 Å². The number of nitrogens with zero attached hydrogens (tertiary/aromatic N) is 1. The van der Waals surface area contributed by atoms with Crippen molar-refractivity contribution in [2.45, 2.75) is 44.6 Å². The minimum atomic E-state index is -3.92. The van der Waals surface area contributed by atoms with Crippen LogP contribution in [0.1, 0.15) is 30.9 Å². The van der Waals surface area contributed by atoms with Crippen LogP contribution in [0.5, 0.6) is 0 Å². The Bertz CT molecular complexity index is 699. The number of hydrogen-bond donors (Lipinski definition) is 1. The Morgan fingerprint density at radius 2 is 2.00 bits per heavy atom. The molecule has 1 atom stereocenters. The van der Waals surface area contributed by atoms with Gasteiger partial charge in [0, 0.05) is 6.04 Å². The molecule has 0 amide bonds. The van der Waals surface area contributed by atoms with Gasteiger partial charge < -0.3 is 0 Å². The van der Waals surface area contributed by atoms with Gasteiger partial charge in [0.25, 0.3) is 0 Å². The number of halogens is 1. The fraction of sp³-hybridized carbons (Fsp3) is 0.538. The number of hydrogen-bond acceptors (Lipinski definition) is 4. The number of sulfonamides is 1. The molecular weight excluding hydrogens is 299 g/mol. The maximum atomic E-state index is 13.7. The SMILES string of the molecule is Cc1cc(F)c([N+](=O)[O-])c(C)c1S(=O)(=O)NC(C)C1CC1. The molecular formula is C13H17FN2O4S. The van der Waals surface area contributed by atoms with Gasteiger partial charge in [0.05, 0.1) is 15.4 Å². The smallest absolute Gasteiger partial charge is 0.258 e. The normalized spacial score (nSPS) is 16.8. The predicted octanol–water partition coefficient (Wildman–Crippen LogP) is 2.43. The molecule has 1 unspecified atom stereocenters. The van der Waals surface area contributed by atoms with Gasteiger partial charge in [0.2, 0.25) is 15.8 Å². The molecule has 2 rings (SSSR count). The zero-order valence-electron chi connectivity index (χ0n) is 12.0. The van der Waals surface area contributed by atoms with Gasteiger partial charge in [-0.2, -0.15) is 4.39 Å². The van der Waals surface area contributed by atoms with Crippen LogP contribution in [-0.2, 0) is 10.0 Å². The first-order valence-corrected chi connectivity index (χ1v) is 8.10. The van der Waals surface area contributed by atoms with E-state index in [-0.39, 0.29) is 22.1 Å². The fourth-order valence-electron chi connectivity index (χ4n) is 2.54. The Balaban J connectivity index is 2.51. The third kappa shape index (κ3) is 3.06. The number of nitrogens with one attached hydrogen (secondary N) is 1. The maximum absolute atomic E-state index is 13.7. The van der Waals surface area contributed by atoms with Crippen molar-refractivity contribution in [2.75, 3.05) is 0 Å². The largest absolute Gasteiger partial charge is 0.309 e. The van der Waals surface area contributed by atoms with Crippen molar-refractivity contribution in [3.05, 3.63) is 33.1 Å². The van der Waals surface area contributed by atoms with Gasteiger partial charge in [0.1, 0.15) is 0 Å². The number of nitro groups is 1. The van der Waals surface area contributed by atoms with E-state index in [4.69, 9.17) is 0 Å². The van der Waals surface area contributed by atoms with Crippen LogP contribution in [0.25, 0.3) is 0 Å². The van der Waals surface area contributed by atoms with Crippen molar-refractivity contribution in [1.29, 1.82) is 0 Å². The zero-order valence-corrected chi connectivity index (χ0v) is 12.8. The van der Waals surface area contributed by atoms with E-state index in [2.05, 4.69) is 4.72 Å². The summed E-state index contributed by atoms with van der Waals surface area (Å²) in [6.45, 7) is 4.44. The highest BCUT2D eigenvalue weighted by atomic mass is 32.2. The van der Waals surface area contributed by atoms with Crippen LogP contribution >= 0.6 is 0 Å². The van der Waals surface area contributed by atoms with Crippen LogP contribution in [-0.4, -0.2) is 19.4 Å². The van der Waals surface area contributed by atoms with E-state index >= 15 is 0 Å². The highest BCUT2D eigenvalue weighted by Crippen LogP contribution is 2.35. The van der Waals surface area contributed by atoms with Gasteiger partial charge in [-0.25, -0.2) is 13.1 Å². The first-order chi connectivity index (χ1) is 9.65. The highest BCUT2D eigenvalue weighted by Gasteiger charge is 2.34. The average molecular weight is 316 g/mol. The summed E-state index contributed by atoms with van der Waals surface area (Å²) in [7, 11) is -3.92. The molecule has 21 heavy (non-hydrogen) atoms. The first kappa shape index (κ1) is 15.8. The lowest BCUT2D eigenvalue weighted by atomic mass is 10.1. The molecule has 1 saturated carbocycles. The number of benzene rings is 1. The van der Waals surface area contributed by atoms with E-state index in [0.29, 0.717) is 5.92 Å². The van der Waals surface area contributed by atoms with Crippen molar-refractivity contribution < 1.29 is 17.7 Å². The Labute approximate surface area is 122 Å². The summed E-state index contributed by atoms with van der Waals surface area (Å²) >= 11 is 0. The van der Waals surface area contributed by atoms with Crippen LogP contribution in [0.4, 0.5) is 10.1 Å². The van der Waals surface area contributed by atoms with E-state index in [0.717, 1.165) is 18.9 Å². The third-order valence-electron chi connectivity index (χ3n) is 3.74. The monoisotopic (exact) mass is 316 g/mol. The van der Waals surface area contributed by atoms with Crippen LogP contribution in [0.2, 0.25) is 0 Å². The highest BCUT2D eigenvalue weighted by molar-refractivity contribution is 7.89. The lowest BCUT2D eigenvalue weighted by Crippen LogP contribution is -2.35. The quantitative estimate of drug-likeness (QED) is 0.667. The molecule has 0 heterocycles. The molecule has 0 spiro atoms. The molecule has 1 aliphatic carbocycles. The Morgan fingerprint density at radius 3 is 2.48 bits per heavy atom. The number of nitro benzene ring substituents is 1. The van der Waals surface area contributed by atoms with E-state index in [9.17, 15) is 22.9 Å². The Morgan fingerprint density at radius 1 is 1.43 bits per heavy atom. The summed E-state index contributed by atoms with van der Waals surface area (Å²) in [4.78, 5) is 9.82. The second-order valence-electron chi connectivity index (χ2n) is 5.48. The molecule has 0 radical (unpaired) electrons. The number of rotatable bonds is 5. The Hall–Kier alpha value is -1.54. The van der Waals surface area contributed by atoms with Gasteiger partial charge in [-0.15, -0.1) is 0 Å². The van der Waals surface area contributed by atoms with Gasteiger partial charge in [0.15, 0.2) is 0 Å². The number of aryl methyl sites for hydroxylation is 1. The van der Waals surface area contributed by atoms with Gasteiger partial charge in [-0.1, -0.05) is 0 Å². The molecule has 116 valence electrons. The molecule has 1 aliphatic rings. The van der Waals surface area contributed by atoms with Crippen LogP contribution in [0.15, 0.2) is 11.0 Å². The molecule has 0 saturated heterocycles. The summed E-state index contributed by atoms with van der Waals surface area (Å²) < 4.78 is 41.1. The summed E-state index contributed by atoms with van der Waals surface area (Å²) in [5.41, 5.74) is -0.806. The summed E-state index contributed by atoms with van der Waals surface area (Å²) in [6.07, 6.45) is 1.93. The van der Waals surface area contributed by atoms with E-state index in [1.165, 1.54) is 13.8 Å². The predicted molar refractivity (Wildman–Crippen MR) is 75.0 cm³/mol. The van der Waals surface area contributed by atoms with Crippen molar-refractivity contribution in [1.82, 2.24) is 4.72 Å². The Kier molecular flexibility index (Phi) is 4.03. The van der Waals surface area contributed by atoms with Crippen LogP contribution in [0, 0.1) is 35.7 Å². The van der Waals surface area contributed by atoms with Crippen molar-refractivity contribution in [3.8, 4) is 0 Å². The molecule has 8 heteroatoms. The van der Waals surface area contributed by atoms with Crippen molar-refractivity contribution >= 4 is 15.7 Å². The summed E-state index contributed by atoms with van der Waals surface area (Å²) in [6, 6.07) is 0.652. The fourth-order valence-corrected chi connectivity index (χ4v) is 4.32. The minimum Gasteiger partial charge on any atom is -0.258 e. The van der Waals surface area contributed by atoms with Crippen LogP contribution in [0.3, 0.4) is 0 Å². The first-order valence-electron chi connectivity index (χ1n) is 6.61. The summed E-state index contributed by atoms with van der Waals surface area (Å²) in [5, 5.41) is 10.9. The lowest BCUT2D eigenvalue weighted by Gasteiger charge is -2.16. The van der Waals surface area contributed by atoms with Gasteiger partial charge >= 0.3 is 5.69 Å². The van der Waals surface area contributed by atoms with Crippen molar-refractivity contribution in [3.63, 3.8) is 0 Å². The third-order valence-corrected chi connectivity index (χ3v) is 5.59. The average Bonchev–Trinajstić information content (AvgIpc) is 3.08. The summed E-state index contributed by atoms with van der Waals surface area (Å²) in [5.74, 6) is -0.722. The molecule has 1 fully saturated rings. The van der Waals surface area contributed by atoms with Crippen LogP contribution < -0.4 is 4.72 Å². The lowest BCUT2D eigenvalue weighted by molar-refractivity contribution is -0.388. The van der Waals surface area contributed by atoms with Crippen molar-refractivity contribution in [2.24, 2.45) is 5.92 Å². The second kappa shape index (κ2) is 5.34. The van der Waals surface area contributed by atoms with E-state index in [1.54, 1.807) is 6.92 Å². The molecule has 0 aromatic heterocycles. The molecule has 6 nitrogen and oxygen atoms in total. The van der Waals surface area contributed by atoms with Gasteiger partial charge in [-0.05, 0) is 51.2 Å². The zero-order chi connectivity index (χ0) is 15.9. The molecule has 0 bridgehead atoms. The molecule has 1 aromatic rings. The molecule has 0 aliphatic heterocycles. The van der Waals surface area contributed by atoms with E-state index in [1.807, 2.05) is 0 Å². The molecule has 1 aromatic carbocycles. The maximum Gasteiger partial charge on any atom is 0.309 e. The molecule has 1 N–H and O–H groups in total. The standard InChI is InChI=1S/C13H17FN2O4S/c1-7-6-11(14)12(16(17)18)8(2)13(7)21(19,20)15-9(3)10-4-5-10/h6,9-10,15H,4-5H2,1-3H3. The topological polar surface area (TPSA) is 89.3 Å².